The van der Waals surface area contributed by atoms with Gasteiger partial charge in [-0.05, 0) is 37.2 Å². The molecular weight excluding hydrogens is 198 g/mol. The van der Waals surface area contributed by atoms with E-state index in [4.69, 9.17) is 5.73 Å². The van der Waals surface area contributed by atoms with Gasteiger partial charge in [0.1, 0.15) is 5.82 Å². The molecule has 3 heteroatoms. The summed E-state index contributed by atoms with van der Waals surface area (Å²) in [5.74, 6) is 1.91. The second-order valence-corrected chi connectivity index (χ2v) is 5.01. The quantitative estimate of drug-likeness (QED) is 0.846. The molecular formula is C13H21N3. The Balaban J connectivity index is 2.31. The fourth-order valence-electron chi connectivity index (χ4n) is 1.83. The van der Waals surface area contributed by atoms with Gasteiger partial charge >= 0.3 is 0 Å². The van der Waals surface area contributed by atoms with Crippen molar-refractivity contribution in [3.8, 4) is 0 Å². The lowest BCUT2D eigenvalue weighted by Gasteiger charge is -2.13. The van der Waals surface area contributed by atoms with Gasteiger partial charge in [0.25, 0.3) is 0 Å². The van der Waals surface area contributed by atoms with E-state index in [0.29, 0.717) is 11.8 Å². The molecule has 1 heterocycles. The van der Waals surface area contributed by atoms with Crippen molar-refractivity contribution in [1.29, 1.82) is 0 Å². The largest absolute Gasteiger partial charge is 0.321 e. The number of rotatable bonds is 4. The average Bonchev–Trinajstić information content (AvgIpc) is 3.11. The van der Waals surface area contributed by atoms with Crippen molar-refractivity contribution in [2.45, 2.75) is 52.0 Å². The second kappa shape index (κ2) is 4.50. The molecule has 2 rings (SSSR count). The molecule has 1 aromatic heterocycles. The minimum Gasteiger partial charge on any atom is -0.321 e. The van der Waals surface area contributed by atoms with Gasteiger partial charge in [-0.1, -0.05) is 20.8 Å². The van der Waals surface area contributed by atoms with Crippen molar-refractivity contribution in [3.63, 3.8) is 0 Å². The number of hydrogen-bond donors (Lipinski definition) is 1. The Morgan fingerprint density at radius 2 is 2.06 bits per heavy atom. The van der Waals surface area contributed by atoms with E-state index in [2.05, 4.69) is 36.8 Å². The summed E-state index contributed by atoms with van der Waals surface area (Å²) in [6.07, 6.45) is 3.42. The van der Waals surface area contributed by atoms with Crippen molar-refractivity contribution in [2.24, 2.45) is 11.7 Å². The first-order chi connectivity index (χ1) is 7.61. The molecule has 3 nitrogen and oxygen atoms in total. The summed E-state index contributed by atoms with van der Waals surface area (Å²) in [7, 11) is 0. The maximum absolute atomic E-state index is 6.17. The minimum atomic E-state index is 0.0454. The molecule has 1 fully saturated rings. The Morgan fingerprint density at radius 1 is 1.38 bits per heavy atom. The molecule has 88 valence electrons. The SMILES string of the molecule is CCc1cc(C(C)C)nc(C(N)C2CC2)n1. The van der Waals surface area contributed by atoms with Crippen LogP contribution in [0.3, 0.4) is 0 Å². The van der Waals surface area contributed by atoms with Crippen molar-refractivity contribution in [1.82, 2.24) is 9.97 Å². The van der Waals surface area contributed by atoms with Crippen LogP contribution < -0.4 is 5.73 Å². The molecule has 1 aromatic rings. The summed E-state index contributed by atoms with van der Waals surface area (Å²) >= 11 is 0. The molecule has 1 atom stereocenters. The molecule has 1 saturated carbocycles. The van der Waals surface area contributed by atoms with E-state index in [9.17, 15) is 0 Å². The topological polar surface area (TPSA) is 51.8 Å². The maximum atomic E-state index is 6.17. The summed E-state index contributed by atoms with van der Waals surface area (Å²) < 4.78 is 0. The van der Waals surface area contributed by atoms with Gasteiger partial charge in [-0.15, -0.1) is 0 Å². The van der Waals surface area contributed by atoms with Crippen LogP contribution in [0.4, 0.5) is 0 Å². The van der Waals surface area contributed by atoms with E-state index >= 15 is 0 Å². The van der Waals surface area contributed by atoms with Crippen LogP contribution in [0.2, 0.25) is 0 Å². The van der Waals surface area contributed by atoms with Gasteiger partial charge in [-0.2, -0.15) is 0 Å². The zero-order chi connectivity index (χ0) is 11.7. The predicted octanol–water partition coefficient (Wildman–Crippen LogP) is 2.57. The van der Waals surface area contributed by atoms with Crippen LogP contribution in [0.25, 0.3) is 0 Å². The second-order valence-electron chi connectivity index (χ2n) is 5.01. The van der Waals surface area contributed by atoms with E-state index in [1.807, 2.05) is 0 Å². The Labute approximate surface area is 97.5 Å². The Morgan fingerprint density at radius 3 is 2.56 bits per heavy atom. The standard InChI is InChI=1S/C13H21N3/c1-4-10-7-11(8(2)3)16-13(15-10)12(14)9-5-6-9/h7-9,12H,4-6,14H2,1-3H3. The van der Waals surface area contributed by atoms with Crippen molar-refractivity contribution in [2.75, 3.05) is 0 Å². The summed E-state index contributed by atoms with van der Waals surface area (Å²) in [5.41, 5.74) is 8.41. The Hall–Kier alpha value is -0.960. The van der Waals surface area contributed by atoms with Gasteiger partial charge < -0.3 is 5.73 Å². The summed E-state index contributed by atoms with van der Waals surface area (Å²) in [4.78, 5) is 9.17. The highest BCUT2D eigenvalue weighted by molar-refractivity contribution is 5.16. The third-order valence-corrected chi connectivity index (χ3v) is 3.20. The molecule has 16 heavy (non-hydrogen) atoms. The van der Waals surface area contributed by atoms with Gasteiger partial charge in [0.15, 0.2) is 0 Å². The monoisotopic (exact) mass is 219 g/mol. The van der Waals surface area contributed by atoms with Gasteiger partial charge in [0.2, 0.25) is 0 Å². The van der Waals surface area contributed by atoms with Crippen LogP contribution in [0, 0.1) is 5.92 Å². The van der Waals surface area contributed by atoms with Gasteiger partial charge in [-0.3, -0.25) is 0 Å². The molecule has 0 saturated heterocycles. The van der Waals surface area contributed by atoms with Crippen molar-refractivity contribution in [3.05, 3.63) is 23.3 Å². The molecule has 0 aliphatic heterocycles. The first-order valence-electron chi connectivity index (χ1n) is 6.25. The van der Waals surface area contributed by atoms with Crippen molar-refractivity contribution < 1.29 is 0 Å². The van der Waals surface area contributed by atoms with Gasteiger partial charge in [0.05, 0.1) is 6.04 Å². The van der Waals surface area contributed by atoms with E-state index in [1.54, 1.807) is 0 Å². The third kappa shape index (κ3) is 2.40. The highest BCUT2D eigenvalue weighted by Crippen LogP contribution is 2.38. The molecule has 0 radical (unpaired) electrons. The lowest BCUT2D eigenvalue weighted by molar-refractivity contribution is 0.581. The van der Waals surface area contributed by atoms with Crippen LogP contribution in [0.1, 0.15) is 62.8 Å². The number of aryl methyl sites for hydroxylation is 1. The van der Waals surface area contributed by atoms with Crippen LogP contribution in [0.5, 0.6) is 0 Å². The van der Waals surface area contributed by atoms with Crippen molar-refractivity contribution >= 4 is 0 Å². The molecule has 0 amide bonds. The molecule has 0 bridgehead atoms. The highest BCUT2D eigenvalue weighted by Gasteiger charge is 2.31. The van der Waals surface area contributed by atoms with E-state index < -0.39 is 0 Å². The van der Waals surface area contributed by atoms with E-state index in [1.165, 1.54) is 12.8 Å². The minimum absolute atomic E-state index is 0.0454. The lowest BCUT2D eigenvalue weighted by Crippen LogP contribution is -2.18. The first-order valence-corrected chi connectivity index (χ1v) is 6.25. The molecule has 1 aliphatic rings. The van der Waals surface area contributed by atoms with Crippen LogP contribution in [0.15, 0.2) is 6.07 Å². The summed E-state index contributed by atoms with van der Waals surface area (Å²) in [6.45, 7) is 6.45. The maximum Gasteiger partial charge on any atom is 0.145 e. The smallest absolute Gasteiger partial charge is 0.145 e. The highest BCUT2D eigenvalue weighted by atomic mass is 14.9. The van der Waals surface area contributed by atoms with Gasteiger partial charge in [0, 0.05) is 11.4 Å². The lowest BCUT2D eigenvalue weighted by atomic mass is 10.1. The number of nitrogens with two attached hydrogens (primary N) is 1. The summed E-state index contributed by atoms with van der Waals surface area (Å²) in [5, 5.41) is 0. The fraction of sp³-hybridized carbons (Fsp3) is 0.692. The van der Waals surface area contributed by atoms with E-state index in [-0.39, 0.29) is 6.04 Å². The molecule has 1 unspecified atom stereocenters. The number of nitrogens with zero attached hydrogens (tertiary/aromatic N) is 2. The molecule has 2 N–H and O–H groups in total. The zero-order valence-corrected chi connectivity index (χ0v) is 10.4. The Kier molecular flexibility index (Phi) is 3.24. The molecule has 0 aromatic carbocycles. The summed E-state index contributed by atoms with van der Waals surface area (Å²) in [6, 6.07) is 2.15. The number of aromatic nitrogens is 2. The normalized spacial score (nSPS) is 17.8. The van der Waals surface area contributed by atoms with E-state index in [0.717, 1.165) is 23.6 Å². The van der Waals surface area contributed by atoms with Gasteiger partial charge in [-0.25, -0.2) is 9.97 Å². The van der Waals surface area contributed by atoms with Crippen LogP contribution >= 0.6 is 0 Å². The number of hydrogen-bond acceptors (Lipinski definition) is 3. The Bertz CT molecular complexity index is 369. The fourth-order valence-corrected chi connectivity index (χ4v) is 1.83. The molecule has 1 aliphatic carbocycles. The third-order valence-electron chi connectivity index (χ3n) is 3.20. The first kappa shape index (κ1) is 11.5. The molecule has 0 spiro atoms. The van der Waals surface area contributed by atoms with Crippen LogP contribution in [-0.2, 0) is 6.42 Å². The predicted molar refractivity (Wildman–Crippen MR) is 65.2 cm³/mol. The average molecular weight is 219 g/mol. The zero-order valence-electron chi connectivity index (χ0n) is 10.4. The van der Waals surface area contributed by atoms with Crippen LogP contribution in [-0.4, -0.2) is 9.97 Å².